The molecule has 1 aromatic heterocycles. The summed E-state index contributed by atoms with van der Waals surface area (Å²) in [6.45, 7) is 2.17. The van der Waals surface area contributed by atoms with E-state index in [1.165, 1.54) is 27.8 Å². The highest BCUT2D eigenvalue weighted by Crippen LogP contribution is 2.50. The first-order chi connectivity index (χ1) is 13.8. The standard InChI is InChI=1S/C24H21N3S/c1-2-17-11-13-19(14-12-17)27-15-18(25-26-27)16-28-24-22-9-5-3-7-20(22)21-8-4-6-10-23(21)24/h3-15,24H,2,16H2,1H3. The van der Waals surface area contributed by atoms with Crippen LogP contribution in [0.15, 0.2) is 79.0 Å². The minimum Gasteiger partial charge on any atom is -0.220 e. The lowest BCUT2D eigenvalue weighted by Gasteiger charge is -2.12. The van der Waals surface area contributed by atoms with Crippen molar-refractivity contribution in [3.8, 4) is 16.8 Å². The topological polar surface area (TPSA) is 30.7 Å². The van der Waals surface area contributed by atoms with Crippen LogP contribution in [0.1, 0.15) is 34.6 Å². The molecule has 0 bridgehead atoms. The third-order valence-corrected chi connectivity index (χ3v) is 6.63. The van der Waals surface area contributed by atoms with Gasteiger partial charge in [0.1, 0.15) is 0 Å². The summed E-state index contributed by atoms with van der Waals surface area (Å²) < 4.78 is 1.87. The summed E-state index contributed by atoms with van der Waals surface area (Å²) in [7, 11) is 0. The summed E-state index contributed by atoms with van der Waals surface area (Å²) in [5.41, 5.74) is 8.90. The zero-order valence-corrected chi connectivity index (χ0v) is 16.6. The monoisotopic (exact) mass is 383 g/mol. The molecule has 0 N–H and O–H groups in total. The molecule has 0 saturated carbocycles. The molecule has 0 saturated heterocycles. The quantitative estimate of drug-likeness (QED) is 0.434. The molecule has 138 valence electrons. The first-order valence-electron chi connectivity index (χ1n) is 9.64. The number of aromatic nitrogens is 3. The van der Waals surface area contributed by atoms with Gasteiger partial charge in [0.05, 0.1) is 22.8 Å². The van der Waals surface area contributed by atoms with E-state index in [0.29, 0.717) is 5.25 Å². The van der Waals surface area contributed by atoms with E-state index in [1.54, 1.807) is 0 Å². The van der Waals surface area contributed by atoms with E-state index in [0.717, 1.165) is 23.6 Å². The van der Waals surface area contributed by atoms with Gasteiger partial charge in [-0.1, -0.05) is 72.8 Å². The fourth-order valence-corrected chi connectivity index (χ4v) is 5.07. The van der Waals surface area contributed by atoms with E-state index >= 15 is 0 Å². The van der Waals surface area contributed by atoms with Crippen LogP contribution in [0.5, 0.6) is 0 Å². The van der Waals surface area contributed by atoms with Crippen molar-refractivity contribution < 1.29 is 0 Å². The van der Waals surface area contributed by atoms with Crippen LogP contribution in [-0.4, -0.2) is 15.0 Å². The molecular formula is C24H21N3S. The highest BCUT2D eigenvalue weighted by atomic mass is 32.2. The molecule has 1 aliphatic carbocycles. The Morgan fingerprint density at radius 1 is 0.857 bits per heavy atom. The maximum Gasteiger partial charge on any atom is 0.0930 e. The normalized spacial score (nSPS) is 12.8. The molecule has 0 amide bonds. The van der Waals surface area contributed by atoms with E-state index in [9.17, 15) is 0 Å². The number of hydrogen-bond donors (Lipinski definition) is 0. The maximum atomic E-state index is 4.40. The van der Waals surface area contributed by atoms with Crippen LogP contribution in [0.2, 0.25) is 0 Å². The summed E-state index contributed by atoms with van der Waals surface area (Å²) in [4.78, 5) is 0. The number of rotatable bonds is 5. The van der Waals surface area contributed by atoms with Crippen LogP contribution in [-0.2, 0) is 12.2 Å². The molecule has 1 heterocycles. The second-order valence-corrected chi connectivity index (χ2v) is 8.13. The predicted molar refractivity (Wildman–Crippen MR) is 116 cm³/mol. The Morgan fingerprint density at radius 3 is 2.14 bits per heavy atom. The average molecular weight is 384 g/mol. The second-order valence-electron chi connectivity index (χ2n) is 7.04. The van der Waals surface area contributed by atoms with Crippen molar-refractivity contribution in [2.24, 2.45) is 0 Å². The summed E-state index contributed by atoms with van der Waals surface area (Å²) in [5.74, 6) is 0.834. The van der Waals surface area contributed by atoms with Crippen LogP contribution < -0.4 is 0 Å². The SMILES string of the molecule is CCc1ccc(-n2cc(CSC3c4ccccc4-c4ccccc43)nn2)cc1. The van der Waals surface area contributed by atoms with Gasteiger partial charge in [0.25, 0.3) is 0 Å². The lowest BCUT2D eigenvalue weighted by atomic mass is 10.1. The van der Waals surface area contributed by atoms with Crippen molar-refractivity contribution in [3.63, 3.8) is 0 Å². The van der Waals surface area contributed by atoms with Crippen molar-refractivity contribution in [3.05, 3.63) is 101 Å². The minimum atomic E-state index is 0.349. The van der Waals surface area contributed by atoms with Gasteiger partial charge in [-0.15, -0.1) is 16.9 Å². The largest absolute Gasteiger partial charge is 0.220 e. The first kappa shape index (κ1) is 17.3. The lowest BCUT2D eigenvalue weighted by molar-refractivity contribution is 0.800. The van der Waals surface area contributed by atoms with Gasteiger partial charge >= 0.3 is 0 Å². The van der Waals surface area contributed by atoms with Gasteiger partial charge in [-0.2, -0.15) is 0 Å². The van der Waals surface area contributed by atoms with Gasteiger partial charge in [-0.25, -0.2) is 4.68 Å². The smallest absolute Gasteiger partial charge is 0.0930 e. The van der Waals surface area contributed by atoms with Crippen LogP contribution in [0.25, 0.3) is 16.8 Å². The minimum absolute atomic E-state index is 0.349. The number of aryl methyl sites for hydroxylation is 1. The Labute approximate surface area is 169 Å². The van der Waals surface area contributed by atoms with Crippen molar-refractivity contribution in [2.45, 2.75) is 24.3 Å². The second kappa shape index (κ2) is 7.28. The van der Waals surface area contributed by atoms with E-state index in [1.807, 2.05) is 22.6 Å². The third kappa shape index (κ3) is 3.04. The van der Waals surface area contributed by atoms with Crippen molar-refractivity contribution in [1.29, 1.82) is 0 Å². The Kier molecular flexibility index (Phi) is 4.49. The molecule has 1 aliphatic rings. The lowest BCUT2D eigenvalue weighted by Crippen LogP contribution is -1.94. The summed E-state index contributed by atoms with van der Waals surface area (Å²) in [6.07, 6.45) is 3.09. The third-order valence-electron chi connectivity index (χ3n) is 5.32. The van der Waals surface area contributed by atoms with E-state index < -0.39 is 0 Å². The van der Waals surface area contributed by atoms with Crippen molar-refractivity contribution >= 4 is 11.8 Å². The maximum absolute atomic E-state index is 4.40. The Morgan fingerprint density at radius 2 is 1.50 bits per heavy atom. The molecule has 0 spiro atoms. The van der Waals surface area contributed by atoms with Gasteiger partial charge in [-0.3, -0.25) is 0 Å². The van der Waals surface area contributed by atoms with Gasteiger partial charge in [-0.05, 0) is 46.4 Å². The van der Waals surface area contributed by atoms with Crippen LogP contribution in [0, 0.1) is 0 Å². The average Bonchev–Trinajstić information content (AvgIpc) is 3.35. The number of fused-ring (bicyclic) bond motifs is 3. The van der Waals surface area contributed by atoms with Crippen LogP contribution >= 0.6 is 11.8 Å². The predicted octanol–water partition coefficient (Wildman–Crippen LogP) is 5.83. The van der Waals surface area contributed by atoms with Crippen molar-refractivity contribution in [1.82, 2.24) is 15.0 Å². The molecule has 0 fully saturated rings. The summed E-state index contributed by atoms with van der Waals surface area (Å²) >= 11 is 1.92. The fourth-order valence-electron chi connectivity index (χ4n) is 3.83. The van der Waals surface area contributed by atoms with Gasteiger partial charge < -0.3 is 0 Å². The summed E-state index contributed by atoms with van der Waals surface area (Å²) in [5, 5.41) is 9.08. The van der Waals surface area contributed by atoms with Crippen LogP contribution in [0.4, 0.5) is 0 Å². The van der Waals surface area contributed by atoms with E-state index in [4.69, 9.17) is 0 Å². The highest BCUT2D eigenvalue weighted by molar-refractivity contribution is 7.99. The molecule has 4 aromatic rings. The van der Waals surface area contributed by atoms with Crippen molar-refractivity contribution in [2.75, 3.05) is 0 Å². The molecule has 0 aliphatic heterocycles. The van der Waals surface area contributed by atoms with Crippen LogP contribution in [0.3, 0.4) is 0 Å². The number of thioether (sulfide) groups is 1. The Bertz CT molecular complexity index is 1070. The molecule has 0 unspecified atom stereocenters. The highest BCUT2D eigenvalue weighted by Gasteiger charge is 2.28. The molecule has 5 rings (SSSR count). The molecule has 28 heavy (non-hydrogen) atoms. The molecule has 0 radical (unpaired) electrons. The van der Waals surface area contributed by atoms with E-state index in [-0.39, 0.29) is 0 Å². The Hall–Kier alpha value is -2.85. The number of benzene rings is 3. The summed E-state index contributed by atoms with van der Waals surface area (Å²) in [6, 6.07) is 26.0. The van der Waals surface area contributed by atoms with Gasteiger partial charge in [0, 0.05) is 5.75 Å². The Balaban J connectivity index is 1.36. The van der Waals surface area contributed by atoms with Gasteiger partial charge in [0.15, 0.2) is 0 Å². The molecule has 3 nitrogen and oxygen atoms in total. The molecular weight excluding hydrogens is 362 g/mol. The molecule has 0 atom stereocenters. The van der Waals surface area contributed by atoms with E-state index in [2.05, 4.69) is 90.0 Å². The molecule has 3 aromatic carbocycles. The molecule has 4 heteroatoms. The number of hydrogen-bond acceptors (Lipinski definition) is 3. The van der Waals surface area contributed by atoms with Gasteiger partial charge in [0.2, 0.25) is 0 Å². The number of nitrogens with zero attached hydrogens (tertiary/aromatic N) is 3. The first-order valence-corrected chi connectivity index (χ1v) is 10.7. The zero-order chi connectivity index (χ0) is 18.9. The zero-order valence-electron chi connectivity index (χ0n) is 15.7. The fraction of sp³-hybridized carbons (Fsp3) is 0.167.